The van der Waals surface area contributed by atoms with Gasteiger partial charge in [-0.05, 0) is 110 Å². The van der Waals surface area contributed by atoms with Crippen molar-refractivity contribution >= 4 is 57.8 Å². The molecule has 1 fully saturated rings. The van der Waals surface area contributed by atoms with Gasteiger partial charge in [-0.3, -0.25) is 0 Å². The lowest BCUT2D eigenvalue weighted by molar-refractivity contribution is 0.255. The van der Waals surface area contributed by atoms with Gasteiger partial charge in [0.15, 0.2) is 0 Å². The highest BCUT2D eigenvalue weighted by Crippen LogP contribution is 2.60. The average Bonchev–Trinajstić information content (AvgIpc) is 3.45. The van der Waals surface area contributed by atoms with E-state index in [-0.39, 0.29) is 23.0 Å². The average molecular weight is 659 g/mol. The van der Waals surface area contributed by atoms with Gasteiger partial charge in [0, 0.05) is 45.3 Å². The molecule has 0 saturated heterocycles. The number of allylic oxidation sites excluding steroid dienone is 3. The Kier molecular flexibility index (Phi) is 6.71. The van der Waals surface area contributed by atoms with Gasteiger partial charge in [-0.1, -0.05) is 115 Å². The first-order valence-corrected chi connectivity index (χ1v) is 19.1. The van der Waals surface area contributed by atoms with Crippen molar-refractivity contribution in [1.29, 1.82) is 0 Å². The topological polar surface area (TPSA) is 6.48 Å². The smallest absolute Gasteiger partial charge is 0.259 e. The highest BCUT2D eigenvalue weighted by molar-refractivity contribution is 8.06. The van der Waals surface area contributed by atoms with E-state index in [9.17, 15) is 0 Å². The zero-order valence-corrected chi connectivity index (χ0v) is 31.1. The molecule has 4 heteroatoms. The van der Waals surface area contributed by atoms with Gasteiger partial charge < -0.3 is 9.80 Å². The van der Waals surface area contributed by atoms with Gasteiger partial charge in [0.25, 0.3) is 6.71 Å². The third-order valence-corrected chi connectivity index (χ3v) is 13.5. The minimum absolute atomic E-state index is 0.0444. The summed E-state index contributed by atoms with van der Waals surface area (Å²) in [6.07, 6.45) is 7.89. The molecule has 5 aliphatic rings. The van der Waals surface area contributed by atoms with Crippen LogP contribution >= 0.6 is 11.8 Å². The molecule has 0 spiro atoms. The summed E-state index contributed by atoms with van der Waals surface area (Å²) in [6.45, 7) is 19.4. The fourth-order valence-electron chi connectivity index (χ4n) is 9.28. The van der Waals surface area contributed by atoms with Crippen LogP contribution in [0.4, 0.5) is 28.4 Å². The molecular weight excluding hydrogens is 611 g/mol. The van der Waals surface area contributed by atoms with Crippen molar-refractivity contribution in [3.8, 4) is 0 Å². The van der Waals surface area contributed by atoms with E-state index in [1.807, 2.05) is 0 Å². The fourth-order valence-corrected chi connectivity index (χ4v) is 10.9. The summed E-state index contributed by atoms with van der Waals surface area (Å²) in [4.78, 5) is 6.73. The number of para-hydroxylation sites is 2. The van der Waals surface area contributed by atoms with E-state index in [4.69, 9.17) is 0 Å². The number of benzene rings is 4. The first kappa shape index (κ1) is 31.1. The molecule has 2 nitrogen and oxygen atoms in total. The molecule has 9 rings (SSSR count). The second-order valence-electron chi connectivity index (χ2n) is 17.2. The van der Waals surface area contributed by atoms with Gasteiger partial charge in [-0.15, -0.1) is 11.8 Å². The molecule has 2 aliphatic carbocycles. The highest BCUT2D eigenvalue weighted by Gasteiger charge is 2.53. The van der Waals surface area contributed by atoms with E-state index in [2.05, 4.69) is 180 Å². The zero-order valence-electron chi connectivity index (χ0n) is 30.3. The third kappa shape index (κ3) is 4.55. The van der Waals surface area contributed by atoms with Crippen LogP contribution in [0.3, 0.4) is 0 Å². The maximum Gasteiger partial charge on any atom is 0.259 e. The normalized spacial score (nSPS) is 22.8. The Hall–Kier alpha value is -3.89. The molecule has 3 aliphatic heterocycles. The number of fused-ring (bicyclic) bond motifs is 6. The number of nitrogens with zero attached hydrogens (tertiary/aromatic N) is 2. The second-order valence-corrected chi connectivity index (χ2v) is 18.5. The lowest BCUT2D eigenvalue weighted by Crippen LogP contribution is -2.55. The summed E-state index contributed by atoms with van der Waals surface area (Å²) in [7, 11) is 0. The van der Waals surface area contributed by atoms with Crippen molar-refractivity contribution < 1.29 is 0 Å². The van der Waals surface area contributed by atoms with Crippen LogP contribution in [-0.2, 0) is 5.41 Å². The molecule has 0 bridgehead atoms. The SMILES string of the molecule is Cc1ccccc1N1c2ccc(C(C)(C)C)cc2B2C3=C(C4C=C5C(=C[C@@H]4S3)C(C)(C)CCC5(C)C)N(c3ccccc3)c3cccc1c32. The maximum atomic E-state index is 2.72. The second kappa shape index (κ2) is 10.6. The summed E-state index contributed by atoms with van der Waals surface area (Å²) >= 11 is 2.15. The molecule has 0 amide bonds. The Morgan fingerprint density at radius 1 is 0.694 bits per heavy atom. The number of anilines is 5. The van der Waals surface area contributed by atoms with Crippen molar-refractivity contribution in [2.45, 2.75) is 78.9 Å². The molecule has 3 heterocycles. The number of hydrogen-bond acceptors (Lipinski definition) is 3. The van der Waals surface area contributed by atoms with E-state index in [1.165, 1.54) is 73.8 Å². The van der Waals surface area contributed by atoms with E-state index < -0.39 is 0 Å². The van der Waals surface area contributed by atoms with Crippen molar-refractivity contribution in [2.24, 2.45) is 16.7 Å². The molecule has 0 radical (unpaired) electrons. The molecule has 1 saturated carbocycles. The standard InChI is InChI=1S/C45H47BN2S/c1-28-15-12-13-18-35(28)48-36-22-21-29(43(2,3)4)25-34(36)46-40-37(19-14-20-38(40)48)47(30-16-10-9-11-17-30)41-31-26-32-33(27-39(31)49-42(41)46)45(7,8)24-23-44(32,5)6/h9-22,25-27,31,39H,23-24H2,1-8H3/t31?,39-/m0/s1. The maximum absolute atomic E-state index is 2.72. The molecule has 246 valence electrons. The minimum Gasteiger partial charge on any atom is -0.314 e. The van der Waals surface area contributed by atoms with Gasteiger partial charge >= 0.3 is 0 Å². The number of hydrogen-bond donors (Lipinski definition) is 0. The quantitative estimate of drug-likeness (QED) is 0.198. The first-order valence-electron chi connectivity index (χ1n) is 18.2. The Morgan fingerprint density at radius 3 is 2.02 bits per heavy atom. The molecule has 2 atom stereocenters. The molecular formula is C45H47BN2S. The Bertz CT molecular complexity index is 2130. The Morgan fingerprint density at radius 2 is 1.33 bits per heavy atom. The predicted octanol–water partition coefficient (Wildman–Crippen LogP) is 11.0. The van der Waals surface area contributed by atoms with Crippen LogP contribution in [0.25, 0.3) is 0 Å². The van der Waals surface area contributed by atoms with Gasteiger partial charge in [0.05, 0.1) is 0 Å². The zero-order chi connectivity index (χ0) is 34.0. The van der Waals surface area contributed by atoms with Crippen molar-refractivity contribution in [2.75, 3.05) is 9.80 Å². The molecule has 0 N–H and O–H groups in total. The van der Waals surface area contributed by atoms with Gasteiger partial charge in [-0.25, -0.2) is 0 Å². The van der Waals surface area contributed by atoms with Crippen LogP contribution in [0.5, 0.6) is 0 Å². The van der Waals surface area contributed by atoms with Crippen molar-refractivity contribution in [3.63, 3.8) is 0 Å². The van der Waals surface area contributed by atoms with Crippen LogP contribution in [0.15, 0.2) is 125 Å². The molecule has 0 aromatic heterocycles. The summed E-state index contributed by atoms with van der Waals surface area (Å²) in [5.74, 6) is 0.313. The van der Waals surface area contributed by atoms with E-state index in [1.54, 1.807) is 11.1 Å². The Balaban J connectivity index is 1.35. The van der Waals surface area contributed by atoms with Gasteiger partial charge in [-0.2, -0.15) is 0 Å². The molecule has 1 unspecified atom stereocenters. The summed E-state index contributed by atoms with van der Waals surface area (Å²) in [5.41, 5.74) is 17.0. The predicted molar refractivity (Wildman–Crippen MR) is 213 cm³/mol. The monoisotopic (exact) mass is 658 g/mol. The highest BCUT2D eigenvalue weighted by atomic mass is 32.2. The lowest BCUT2D eigenvalue weighted by Gasteiger charge is -2.48. The number of aryl methyl sites for hydroxylation is 1. The third-order valence-electron chi connectivity index (χ3n) is 12.1. The number of rotatable bonds is 2. The largest absolute Gasteiger partial charge is 0.314 e. The van der Waals surface area contributed by atoms with Crippen LogP contribution in [-0.4, -0.2) is 12.0 Å². The van der Waals surface area contributed by atoms with Crippen LogP contribution in [0.2, 0.25) is 0 Å². The van der Waals surface area contributed by atoms with Gasteiger partial charge in [0.2, 0.25) is 0 Å². The van der Waals surface area contributed by atoms with Crippen LogP contribution < -0.4 is 20.7 Å². The number of thioether (sulfide) groups is 1. The van der Waals surface area contributed by atoms with Crippen LogP contribution in [0, 0.1) is 23.7 Å². The fraction of sp³-hybridized carbons (Fsp3) is 0.333. The first-order chi connectivity index (χ1) is 23.3. The summed E-state index contributed by atoms with van der Waals surface area (Å²) < 4.78 is 0. The lowest BCUT2D eigenvalue weighted by atomic mass is 9.36. The van der Waals surface area contributed by atoms with E-state index in [0.717, 1.165) is 0 Å². The van der Waals surface area contributed by atoms with Crippen LogP contribution in [0.1, 0.15) is 72.4 Å². The van der Waals surface area contributed by atoms with E-state index in [0.29, 0.717) is 11.2 Å². The Labute approximate surface area is 298 Å². The summed E-state index contributed by atoms with van der Waals surface area (Å²) in [5, 5.41) is 0.379. The molecule has 4 aromatic carbocycles. The van der Waals surface area contributed by atoms with Crippen molar-refractivity contribution in [3.05, 3.63) is 136 Å². The summed E-state index contributed by atoms with van der Waals surface area (Å²) in [6, 6.07) is 34.4. The van der Waals surface area contributed by atoms with E-state index >= 15 is 0 Å². The molecule has 49 heavy (non-hydrogen) atoms. The van der Waals surface area contributed by atoms with Crippen molar-refractivity contribution in [1.82, 2.24) is 0 Å². The van der Waals surface area contributed by atoms with Gasteiger partial charge in [0.1, 0.15) is 0 Å². The molecule has 4 aromatic rings. The minimum atomic E-state index is 0.0444.